The van der Waals surface area contributed by atoms with Crippen molar-refractivity contribution in [2.24, 2.45) is 29.1 Å². The highest BCUT2D eigenvalue weighted by atomic mass is 16.3. The zero-order valence-corrected chi connectivity index (χ0v) is 24.8. The number of benzene rings is 3. The molecule has 4 fully saturated rings. The largest absolute Gasteiger partial charge is 0.507 e. The van der Waals surface area contributed by atoms with Crippen LogP contribution in [0.15, 0.2) is 78.4 Å². The molecular weight excluding hydrogens is 552 g/mol. The molecule has 1 N–H and O–H groups in total. The first-order valence-corrected chi connectivity index (χ1v) is 16.0. The lowest BCUT2D eigenvalue weighted by molar-refractivity contribution is -0.144. The molecule has 2 saturated carbocycles. The number of fused-ring (bicyclic) bond motifs is 5. The van der Waals surface area contributed by atoms with Crippen LogP contribution in [0.4, 0.5) is 5.69 Å². The molecule has 5 aliphatic rings. The normalized spacial score (nSPS) is 32.1. The molecule has 0 radical (unpaired) electrons. The van der Waals surface area contributed by atoms with E-state index in [-0.39, 0.29) is 41.3 Å². The first-order valence-electron chi connectivity index (χ1n) is 16.0. The number of aromatic hydroxyl groups is 1. The zero-order chi connectivity index (χ0) is 30.3. The molecule has 2 aliphatic heterocycles. The van der Waals surface area contributed by atoms with E-state index in [1.54, 1.807) is 17.0 Å². The summed E-state index contributed by atoms with van der Waals surface area (Å²) in [6.07, 6.45) is 7.63. The van der Waals surface area contributed by atoms with Gasteiger partial charge in [0.25, 0.3) is 0 Å². The van der Waals surface area contributed by atoms with Gasteiger partial charge in [-0.05, 0) is 56.0 Å². The molecule has 3 aromatic rings. The molecule has 2 saturated heterocycles. The fourth-order valence-electron chi connectivity index (χ4n) is 9.41. The van der Waals surface area contributed by atoms with Crippen molar-refractivity contribution in [1.82, 2.24) is 4.90 Å². The number of allylic oxidation sites excluding steroid dienone is 2. The van der Waals surface area contributed by atoms with Crippen LogP contribution in [0.1, 0.15) is 63.4 Å². The van der Waals surface area contributed by atoms with Crippen molar-refractivity contribution >= 4 is 40.1 Å². The molecule has 8 rings (SSSR count). The van der Waals surface area contributed by atoms with E-state index in [2.05, 4.69) is 6.08 Å². The minimum atomic E-state index is -1.18. The number of phenolic OH excluding ortho intramolecular Hbond substituents is 1. The Morgan fingerprint density at radius 3 is 2.30 bits per heavy atom. The number of imide groups is 2. The molecule has 0 spiro atoms. The van der Waals surface area contributed by atoms with Crippen molar-refractivity contribution in [2.45, 2.75) is 63.8 Å². The monoisotopic (exact) mass is 588 g/mol. The van der Waals surface area contributed by atoms with Crippen LogP contribution in [0.3, 0.4) is 0 Å². The van der Waals surface area contributed by atoms with Gasteiger partial charge < -0.3 is 5.11 Å². The number of carbonyl (C=O) groups excluding carboxylic acids is 4. The van der Waals surface area contributed by atoms with E-state index in [0.29, 0.717) is 29.5 Å². The van der Waals surface area contributed by atoms with Crippen molar-refractivity contribution in [3.63, 3.8) is 0 Å². The second kappa shape index (κ2) is 9.88. The summed E-state index contributed by atoms with van der Waals surface area (Å²) in [7, 11) is 0. The molecule has 7 nitrogen and oxygen atoms in total. The fourth-order valence-corrected chi connectivity index (χ4v) is 9.41. The average Bonchev–Trinajstić information content (AvgIpc) is 3.42. The van der Waals surface area contributed by atoms with E-state index in [1.807, 2.05) is 61.5 Å². The van der Waals surface area contributed by atoms with Crippen molar-refractivity contribution in [1.29, 1.82) is 0 Å². The molecule has 2 heterocycles. The maximum Gasteiger partial charge on any atom is 0.241 e. The summed E-state index contributed by atoms with van der Waals surface area (Å²) in [5, 5.41) is 13.3. The number of hydrogen-bond donors (Lipinski definition) is 1. The fraction of sp³-hybridized carbons (Fsp3) is 0.405. The van der Waals surface area contributed by atoms with E-state index < -0.39 is 29.1 Å². The van der Waals surface area contributed by atoms with E-state index in [1.165, 1.54) is 4.90 Å². The molecule has 3 aromatic carbocycles. The smallest absolute Gasteiger partial charge is 0.241 e. The molecule has 7 heteroatoms. The Balaban J connectivity index is 1.29. The molecule has 224 valence electrons. The summed E-state index contributed by atoms with van der Waals surface area (Å²) in [6.45, 7) is 1.86. The lowest BCUT2D eigenvalue weighted by Crippen LogP contribution is -2.49. The van der Waals surface area contributed by atoms with Gasteiger partial charge in [0, 0.05) is 22.9 Å². The zero-order valence-electron chi connectivity index (χ0n) is 24.8. The van der Waals surface area contributed by atoms with Gasteiger partial charge in [0.05, 0.1) is 28.9 Å². The van der Waals surface area contributed by atoms with Crippen molar-refractivity contribution in [3.8, 4) is 5.75 Å². The Hall–Kier alpha value is -4.26. The third kappa shape index (κ3) is 3.61. The maximum absolute atomic E-state index is 14.6. The molecule has 44 heavy (non-hydrogen) atoms. The van der Waals surface area contributed by atoms with Gasteiger partial charge >= 0.3 is 0 Å². The van der Waals surface area contributed by atoms with Gasteiger partial charge in [0.1, 0.15) is 5.75 Å². The van der Waals surface area contributed by atoms with Crippen LogP contribution < -0.4 is 4.90 Å². The number of anilines is 1. The molecule has 6 atom stereocenters. The minimum absolute atomic E-state index is 0.0600. The van der Waals surface area contributed by atoms with Crippen LogP contribution in [-0.2, 0) is 19.2 Å². The molecule has 4 amide bonds. The average molecular weight is 589 g/mol. The van der Waals surface area contributed by atoms with Gasteiger partial charge in [-0.15, -0.1) is 0 Å². The van der Waals surface area contributed by atoms with Gasteiger partial charge in [0.15, 0.2) is 0 Å². The van der Waals surface area contributed by atoms with Crippen molar-refractivity contribution < 1.29 is 24.3 Å². The Kier molecular flexibility index (Phi) is 6.13. The maximum atomic E-state index is 14.6. The van der Waals surface area contributed by atoms with Crippen LogP contribution in [0, 0.1) is 29.1 Å². The number of nitrogens with zero attached hydrogens (tertiary/aromatic N) is 2. The standard InChI is InChI=1S/C37H36N2O5/c1-37-29(34(42)39(36(37)44)23-13-6-3-7-14-23)20-28-25(31(37)27-17-16-21-10-8-9-15-24(21)32(27)40)18-19-26-30(28)35(43)38(33(26)41)22-11-4-2-5-12-22/h3,6-10,13-18,22,26,28-31,40H,2,4-5,11-12,19-20H2,1H3/t26-,28+,29-,30-,31+,37+/m0/s1. The second-order valence-electron chi connectivity index (χ2n) is 13.6. The Bertz CT molecular complexity index is 1760. The number of rotatable bonds is 3. The summed E-state index contributed by atoms with van der Waals surface area (Å²) >= 11 is 0. The summed E-state index contributed by atoms with van der Waals surface area (Å²) in [5.41, 5.74) is 0.822. The SMILES string of the molecule is C[C@@]12C(=O)N(c3ccccc3)C(=O)[C@@H]1C[C@@H]1C(=CC[C@@H]3C(=O)N(C4CCCCC4)C(=O)[C@@H]31)[C@@H]2c1ccc2ccccc2c1O. The van der Waals surface area contributed by atoms with E-state index in [9.17, 15) is 24.3 Å². The Labute approximate surface area is 256 Å². The summed E-state index contributed by atoms with van der Waals surface area (Å²) in [6, 6.07) is 20.3. The lowest BCUT2D eigenvalue weighted by Gasteiger charge is -2.49. The summed E-state index contributed by atoms with van der Waals surface area (Å²) in [5.74, 6) is -3.42. The summed E-state index contributed by atoms with van der Waals surface area (Å²) < 4.78 is 0. The molecule has 0 aromatic heterocycles. The Morgan fingerprint density at radius 2 is 1.52 bits per heavy atom. The van der Waals surface area contributed by atoms with Crippen LogP contribution in [0.25, 0.3) is 10.8 Å². The van der Waals surface area contributed by atoms with E-state index >= 15 is 0 Å². The number of carbonyl (C=O) groups is 4. The molecule has 0 bridgehead atoms. The summed E-state index contributed by atoms with van der Waals surface area (Å²) in [4.78, 5) is 59.9. The predicted molar refractivity (Wildman–Crippen MR) is 165 cm³/mol. The molecule has 0 unspecified atom stereocenters. The number of para-hydroxylation sites is 1. The van der Waals surface area contributed by atoms with E-state index in [4.69, 9.17) is 0 Å². The van der Waals surface area contributed by atoms with Crippen LogP contribution in [0.2, 0.25) is 0 Å². The third-order valence-electron chi connectivity index (χ3n) is 11.5. The predicted octanol–water partition coefficient (Wildman–Crippen LogP) is 6.11. The Morgan fingerprint density at radius 1 is 0.795 bits per heavy atom. The van der Waals surface area contributed by atoms with Crippen LogP contribution >= 0.6 is 0 Å². The highest BCUT2D eigenvalue weighted by Gasteiger charge is 2.68. The van der Waals surface area contributed by atoms with E-state index in [0.717, 1.165) is 43.1 Å². The van der Waals surface area contributed by atoms with Gasteiger partial charge in [0.2, 0.25) is 23.6 Å². The van der Waals surface area contributed by atoms with Crippen LogP contribution in [-0.4, -0.2) is 39.7 Å². The highest BCUT2D eigenvalue weighted by molar-refractivity contribution is 6.24. The molecular formula is C37H36N2O5. The highest BCUT2D eigenvalue weighted by Crippen LogP contribution is 2.64. The molecule has 3 aliphatic carbocycles. The number of hydrogen-bond acceptors (Lipinski definition) is 5. The van der Waals surface area contributed by atoms with Crippen molar-refractivity contribution in [2.75, 3.05) is 4.90 Å². The van der Waals surface area contributed by atoms with Gasteiger partial charge in [-0.1, -0.05) is 85.5 Å². The quantitative estimate of drug-likeness (QED) is 0.294. The van der Waals surface area contributed by atoms with Crippen LogP contribution in [0.5, 0.6) is 5.75 Å². The number of likely N-dealkylation sites (tertiary alicyclic amines) is 1. The number of phenols is 1. The first-order chi connectivity index (χ1) is 21.3. The number of amides is 4. The van der Waals surface area contributed by atoms with Gasteiger partial charge in [-0.3, -0.25) is 24.1 Å². The third-order valence-corrected chi connectivity index (χ3v) is 11.5. The second-order valence-corrected chi connectivity index (χ2v) is 13.6. The minimum Gasteiger partial charge on any atom is -0.507 e. The lowest BCUT2D eigenvalue weighted by atomic mass is 9.51. The topological polar surface area (TPSA) is 95.0 Å². The van der Waals surface area contributed by atoms with Crippen molar-refractivity contribution in [3.05, 3.63) is 83.9 Å². The first kappa shape index (κ1) is 27.3. The van der Waals surface area contributed by atoms with Gasteiger partial charge in [-0.2, -0.15) is 0 Å². The van der Waals surface area contributed by atoms with Gasteiger partial charge in [-0.25, -0.2) is 4.90 Å².